The Morgan fingerprint density at radius 2 is 1.81 bits per heavy atom. The van der Waals surface area contributed by atoms with Crippen LogP contribution in [0.1, 0.15) is 43.8 Å². The van der Waals surface area contributed by atoms with Gasteiger partial charge in [-0.15, -0.1) is 0 Å². The molecular formula is C20H28ClN5. The molecule has 0 radical (unpaired) electrons. The van der Waals surface area contributed by atoms with Crippen LogP contribution in [0.4, 0.5) is 0 Å². The van der Waals surface area contributed by atoms with Crippen LogP contribution in [0.2, 0.25) is 5.02 Å². The van der Waals surface area contributed by atoms with Crippen LogP contribution in [0, 0.1) is 0 Å². The van der Waals surface area contributed by atoms with Gasteiger partial charge in [-0.1, -0.05) is 11.6 Å². The van der Waals surface area contributed by atoms with E-state index in [1.54, 1.807) is 0 Å². The lowest BCUT2D eigenvalue weighted by atomic mass is 10.1. The highest BCUT2D eigenvalue weighted by atomic mass is 35.5. The topological polar surface area (TPSA) is 37.2 Å². The van der Waals surface area contributed by atoms with E-state index < -0.39 is 0 Å². The normalized spacial score (nSPS) is 20.4. The Hall–Kier alpha value is -1.43. The van der Waals surface area contributed by atoms with E-state index in [0.29, 0.717) is 12.0 Å². The predicted molar refractivity (Wildman–Crippen MR) is 105 cm³/mol. The smallest absolute Gasteiger partial charge is 0.154 e. The molecule has 1 aromatic heterocycles. The van der Waals surface area contributed by atoms with Gasteiger partial charge in [0.25, 0.3) is 0 Å². The lowest BCUT2D eigenvalue weighted by Gasteiger charge is -2.36. The van der Waals surface area contributed by atoms with Crippen molar-refractivity contribution >= 4 is 11.6 Å². The van der Waals surface area contributed by atoms with E-state index in [1.807, 2.05) is 28.9 Å². The van der Waals surface area contributed by atoms with Gasteiger partial charge in [-0.25, -0.2) is 9.67 Å². The van der Waals surface area contributed by atoms with E-state index in [9.17, 15) is 0 Å². The first-order valence-corrected chi connectivity index (χ1v) is 10.1. The van der Waals surface area contributed by atoms with Gasteiger partial charge in [-0.2, -0.15) is 5.10 Å². The van der Waals surface area contributed by atoms with E-state index in [4.69, 9.17) is 21.7 Å². The zero-order valence-corrected chi connectivity index (χ0v) is 16.5. The van der Waals surface area contributed by atoms with Crippen molar-refractivity contribution < 1.29 is 0 Å². The molecule has 1 aliphatic carbocycles. The number of piperazine rings is 1. The summed E-state index contributed by atoms with van der Waals surface area (Å²) in [5.41, 5.74) is 1.05. The van der Waals surface area contributed by atoms with Gasteiger partial charge in [0.15, 0.2) is 5.82 Å². The molecule has 2 heterocycles. The third-order valence-corrected chi connectivity index (χ3v) is 5.90. The number of rotatable bonds is 6. The van der Waals surface area contributed by atoms with Crippen molar-refractivity contribution in [2.45, 2.75) is 44.6 Å². The molecule has 2 fully saturated rings. The Labute approximate surface area is 161 Å². The van der Waals surface area contributed by atoms with Gasteiger partial charge in [-0.05, 0) is 57.5 Å². The van der Waals surface area contributed by atoms with Crippen molar-refractivity contribution in [1.29, 1.82) is 0 Å². The zero-order valence-electron chi connectivity index (χ0n) is 15.7. The summed E-state index contributed by atoms with van der Waals surface area (Å²) in [4.78, 5) is 9.90. The van der Waals surface area contributed by atoms with Gasteiger partial charge in [0, 0.05) is 49.6 Å². The summed E-state index contributed by atoms with van der Waals surface area (Å²) in [6.45, 7) is 6.99. The second-order valence-corrected chi connectivity index (χ2v) is 8.21. The number of nitrogens with zero attached hydrogens (tertiary/aromatic N) is 5. The highest BCUT2D eigenvalue weighted by molar-refractivity contribution is 6.30. The number of benzene rings is 1. The molecule has 5 nitrogen and oxygen atoms in total. The first-order valence-electron chi connectivity index (χ1n) is 9.74. The molecule has 0 N–H and O–H groups in total. The molecule has 0 spiro atoms. The molecule has 1 atom stereocenters. The average molecular weight is 374 g/mol. The van der Waals surface area contributed by atoms with Gasteiger partial charge in [-0.3, -0.25) is 4.90 Å². The van der Waals surface area contributed by atoms with Crippen LogP contribution >= 0.6 is 11.6 Å². The van der Waals surface area contributed by atoms with Gasteiger partial charge >= 0.3 is 0 Å². The number of hydrogen-bond acceptors (Lipinski definition) is 4. The van der Waals surface area contributed by atoms with Crippen molar-refractivity contribution in [3.05, 3.63) is 40.9 Å². The van der Waals surface area contributed by atoms with Crippen molar-refractivity contribution in [3.8, 4) is 5.69 Å². The summed E-state index contributed by atoms with van der Waals surface area (Å²) in [6.07, 6.45) is 4.51. The number of halogens is 1. The maximum absolute atomic E-state index is 6.05. The Morgan fingerprint density at radius 1 is 1.12 bits per heavy atom. The van der Waals surface area contributed by atoms with Gasteiger partial charge in [0.2, 0.25) is 0 Å². The fourth-order valence-electron chi connectivity index (χ4n) is 3.61. The van der Waals surface area contributed by atoms with E-state index >= 15 is 0 Å². The molecule has 2 aliphatic rings. The fraction of sp³-hybridized carbons (Fsp3) is 0.600. The molecule has 0 bridgehead atoms. The predicted octanol–water partition coefficient (Wildman–Crippen LogP) is 3.37. The molecule has 1 unspecified atom stereocenters. The van der Waals surface area contributed by atoms with Crippen molar-refractivity contribution in [2.75, 3.05) is 33.2 Å². The summed E-state index contributed by atoms with van der Waals surface area (Å²) in [7, 11) is 2.20. The lowest BCUT2D eigenvalue weighted by molar-refractivity contribution is 0.114. The van der Waals surface area contributed by atoms with Crippen molar-refractivity contribution in [3.63, 3.8) is 0 Å². The second kappa shape index (κ2) is 7.67. The Bertz CT molecular complexity index is 729. The standard InChI is InChI=1S/C20H28ClN5/c1-15(25-13-11-24(2)12-14-25)3-10-19-22-20(16-4-5-16)23-26(19)18-8-6-17(21)7-9-18/h6-9,15-16H,3-5,10-14H2,1-2H3. The summed E-state index contributed by atoms with van der Waals surface area (Å²) in [5, 5.41) is 5.57. The zero-order chi connectivity index (χ0) is 18.1. The van der Waals surface area contributed by atoms with Crippen LogP contribution in [0.3, 0.4) is 0 Å². The maximum atomic E-state index is 6.05. The van der Waals surface area contributed by atoms with E-state index in [0.717, 1.165) is 61.4 Å². The summed E-state index contributed by atoms with van der Waals surface area (Å²) < 4.78 is 2.03. The Kier molecular flexibility index (Phi) is 5.30. The minimum absolute atomic E-state index is 0.567. The quantitative estimate of drug-likeness (QED) is 0.778. The second-order valence-electron chi connectivity index (χ2n) is 7.78. The number of aryl methyl sites for hydroxylation is 1. The maximum Gasteiger partial charge on any atom is 0.154 e. The molecule has 0 amide bonds. The van der Waals surface area contributed by atoms with Crippen LogP contribution < -0.4 is 0 Å². The third kappa shape index (κ3) is 4.11. The molecule has 1 aliphatic heterocycles. The van der Waals surface area contributed by atoms with E-state index in [2.05, 4.69) is 23.8 Å². The van der Waals surface area contributed by atoms with E-state index in [1.165, 1.54) is 12.8 Å². The number of aromatic nitrogens is 3. The highest BCUT2D eigenvalue weighted by Crippen LogP contribution is 2.38. The van der Waals surface area contributed by atoms with Crippen LogP contribution in [-0.2, 0) is 6.42 Å². The van der Waals surface area contributed by atoms with Crippen LogP contribution in [0.5, 0.6) is 0 Å². The molecule has 1 saturated heterocycles. The number of likely N-dealkylation sites (N-methyl/N-ethyl adjacent to an activating group) is 1. The molecule has 26 heavy (non-hydrogen) atoms. The SMILES string of the molecule is CC(CCc1nc(C2CC2)nn1-c1ccc(Cl)cc1)N1CCN(C)CC1. The Morgan fingerprint density at radius 3 is 2.46 bits per heavy atom. The summed E-state index contributed by atoms with van der Waals surface area (Å²) in [6, 6.07) is 8.48. The fourth-order valence-corrected chi connectivity index (χ4v) is 3.74. The molecule has 2 aromatic rings. The van der Waals surface area contributed by atoms with Crippen LogP contribution in [0.15, 0.2) is 24.3 Å². The van der Waals surface area contributed by atoms with E-state index in [-0.39, 0.29) is 0 Å². The monoisotopic (exact) mass is 373 g/mol. The average Bonchev–Trinajstić information content (AvgIpc) is 3.41. The van der Waals surface area contributed by atoms with Crippen molar-refractivity contribution in [1.82, 2.24) is 24.6 Å². The lowest BCUT2D eigenvalue weighted by Crippen LogP contribution is -2.48. The molecule has 6 heteroatoms. The Balaban J connectivity index is 1.47. The minimum atomic E-state index is 0.567. The largest absolute Gasteiger partial charge is 0.304 e. The van der Waals surface area contributed by atoms with Crippen LogP contribution in [0.25, 0.3) is 5.69 Å². The van der Waals surface area contributed by atoms with Gasteiger partial charge in [0.05, 0.1) is 5.69 Å². The highest BCUT2D eigenvalue weighted by Gasteiger charge is 2.29. The first kappa shape index (κ1) is 18.0. The molecule has 4 rings (SSSR count). The number of hydrogen-bond donors (Lipinski definition) is 0. The summed E-state index contributed by atoms with van der Waals surface area (Å²) in [5.74, 6) is 2.66. The molecular weight excluding hydrogens is 346 g/mol. The molecule has 1 aromatic carbocycles. The van der Waals surface area contributed by atoms with Gasteiger partial charge in [0.1, 0.15) is 5.82 Å². The van der Waals surface area contributed by atoms with Gasteiger partial charge < -0.3 is 4.90 Å². The summed E-state index contributed by atoms with van der Waals surface area (Å²) >= 11 is 6.05. The molecule has 1 saturated carbocycles. The third-order valence-electron chi connectivity index (χ3n) is 5.65. The van der Waals surface area contributed by atoms with Crippen molar-refractivity contribution in [2.24, 2.45) is 0 Å². The minimum Gasteiger partial charge on any atom is -0.304 e. The first-order chi connectivity index (χ1) is 12.6. The molecule has 140 valence electrons. The van der Waals surface area contributed by atoms with Crippen LogP contribution in [-0.4, -0.2) is 63.8 Å².